The molecular weight excluding hydrogens is 135 g/mol. The molecule has 0 aliphatic carbocycles. The van der Waals surface area contributed by atoms with Gasteiger partial charge in [0.1, 0.15) is 0 Å². The average Bonchev–Trinajstić information content (AvgIpc) is 1.36. The van der Waals surface area contributed by atoms with E-state index in [9.17, 15) is 9.59 Å². The molecule has 7 heavy (non-hydrogen) atoms. The van der Waals surface area contributed by atoms with Gasteiger partial charge in [-0.3, -0.25) is 4.79 Å². The minimum absolute atomic E-state index is 0. The van der Waals surface area contributed by atoms with Gasteiger partial charge in [-0.2, -0.15) is 0 Å². The van der Waals surface area contributed by atoms with Crippen LogP contribution in [0.15, 0.2) is 0 Å². The van der Waals surface area contributed by atoms with Crippen molar-refractivity contribution in [3.63, 3.8) is 0 Å². The number of carbonyl (C=O) groups excluding carboxylic acids is 1. The molecule has 0 aliphatic rings. The molecule has 0 atom stereocenters. The van der Waals surface area contributed by atoms with Crippen molar-refractivity contribution in [1.29, 1.82) is 0 Å². The molecule has 1 radical (unpaired) electrons. The Morgan fingerprint density at radius 2 is 1.57 bits per heavy atom. The third kappa shape index (κ3) is 5.72. The van der Waals surface area contributed by atoms with Crippen molar-refractivity contribution >= 4 is 11.8 Å². The van der Waals surface area contributed by atoms with E-state index in [1.54, 1.807) is 0 Å². The molecule has 3 nitrogen and oxygen atoms in total. The summed E-state index contributed by atoms with van der Waals surface area (Å²) in [5.74, 6) is -2.20. The second kappa shape index (κ2) is 3.90. The summed E-state index contributed by atoms with van der Waals surface area (Å²) >= 11 is 0. The maximum absolute atomic E-state index is 9.54. The zero-order valence-electron chi connectivity index (χ0n) is 3.71. The largest absolute Gasteiger partial charge is 0.476 e. The second-order valence-electron chi connectivity index (χ2n) is 0.861. The molecule has 4 heteroatoms. The van der Waals surface area contributed by atoms with Crippen LogP contribution < -0.4 is 0 Å². The summed E-state index contributed by atoms with van der Waals surface area (Å²) in [5, 5.41) is 7.64. The molecule has 1 N–H and O–H groups in total. The fourth-order valence-corrected chi connectivity index (χ4v) is 0. The maximum Gasteiger partial charge on any atom is 0.371 e. The summed E-state index contributed by atoms with van der Waals surface area (Å²) in [6, 6.07) is 0. The van der Waals surface area contributed by atoms with Gasteiger partial charge in [-0.15, -0.1) is 0 Å². The van der Waals surface area contributed by atoms with Crippen LogP contribution in [0, 0.1) is 0 Å². The van der Waals surface area contributed by atoms with Gasteiger partial charge in [0.2, 0.25) is 5.78 Å². The van der Waals surface area contributed by atoms with Gasteiger partial charge < -0.3 is 5.11 Å². The van der Waals surface area contributed by atoms with Crippen LogP contribution in [0.5, 0.6) is 0 Å². The second-order valence-corrected chi connectivity index (χ2v) is 0.861. The molecule has 0 unspecified atom stereocenters. The van der Waals surface area contributed by atoms with E-state index in [1.807, 2.05) is 0 Å². The fraction of sp³-hybridized carbons (Fsp3) is 0.333. The topological polar surface area (TPSA) is 54.4 Å². The average molecular weight is 139 g/mol. The van der Waals surface area contributed by atoms with Gasteiger partial charge in [-0.25, -0.2) is 4.79 Å². The van der Waals surface area contributed by atoms with Gasteiger partial charge >= 0.3 is 5.97 Å². The van der Waals surface area contributed by atoms with Crippen LogP contribution in [0.4, 0.5) is 0 Å². The van der Waals surface area contributed by atoms with E-state index < -0.39 is 11.8 Å². The van der Waals surface area contributed by atoms with E-state index in [1.165, 1.54) is 0 Å². The van der Waals surface area contributed by atoms with Crippen molar-refractivity contribution in [1.82, 2.24) is 0 Å². The molecule has 0 rings (SSSR count). The van der Waals surface area contributed by atoms with Crippen LogP contribution in [0.1, 0.15) is 6.92 Å². The minimum atomic E-state index is -1.38. The van der Waals surface area contributed by atoms with E-state index in [4.69, 9.17) is 5.11 Å². The Kier molecular flexibility index (Phi) is 5.50. The number of ketones is 1. The van der Waals surface area contributed by atoms with E-state index in [-0.39, 0.29) is 18.6 Å². The van der Waals surface area contributed by atoms with E-state index in [0.717, 1.165) is 6.92 Å². The normalized spacial score (nSPS) is 6.43. The van der Waals surface area contributed by atoms with E-state index >= 15 is 0 Å². The number of Topliss-reactive ketones (excluding diaryl/α,β-unsaturated/α-hetero) is 1. The van der Waals surface area contributed by atoms with Crippen LogP contribution in [-0.4, -0.2) is 16.9 Å². The molecule has 0 aromatic heterocycles. The zero-order chi connectivity index (χ0) is 5.15. The summed E-state index contributed by atoms with van der Waals surface area (Å²) in [6.07, 6.45) is 0. The maximum atomic E-state index is 9.54. The van der Waals surface area contributed by atoms with Crippen LogP contribution in [0.25, 0.3) is 0 Å². The number of carboxylic acids is 1. The summed E-state index contributed by atoms with van der Waals surface area (Å²) in [5.41, 5.74) is 0. The Morgan fingerprint density at radius 1 is 1.43 bits per heavy atom. The first-order valence-electron chi connectivity index (χ1n) is 1.38. The van der Waals surface area contributed by atoms with Crippen molar-refractivity contribution in [2.45, 2.75) is 6.92 Å². The van der Waals surface area contributed by atoms with Crippen molar-refractivity contribution in [3.8, 4) is 0 Å². The van der Waals surface area contributed by atoms with Crippen molar-refractivity contribution in [2.24, 2.45) is 0 Å². The summed E-state index contributed by atoms with van der Waals surface area (Å²) in [7, 11) is 0. The van der Waals surface area contributed by atoms with Gasteiger partial charge in [0, 0.05) is 25.5 Å². The molecule has 0 aliphatic heterocycles. The van der Waals surface area contributed by atoms with Gasteiger partial charge in [-0.1, -0.05) is 0 Å². The summed E-state index contributed by atoms with van der Waals surface area (Å²) < 4.78 is 0. The fourth-order valence-electron chi connectivity index (χ4n) is 0. The molecule has 0 saturated heterocycles. The zero-order valence-corrected chi connectivity index (χ0v) is 5.11. The standard InChI is InChI=1S/C3H4O3.V/c1-2(4)3(5)6;/h1H3,(H,5,6);. The number of hydrogen-bond acceptors (Lipinski definition) is 2. The van der Waals surface area contributed by atoms with Gasteiger partial charge in [0.05, 0.1) is 0 Å². The number of rotatable bonds is 1. The smallest absolute Gasteiger partial charge is 0.371 e. The Morgan fingerprint density at radius 3 is 1.57 bits per heavy atom. The monoisotopic (exact) mass is 139 g/mol. The molecule has 0 spiro atoms. The third-order valence-electron chi connectivity index (χ3n) is 0.301. The molecule has 0 saturated carbocycles. The quantitative estimate of drug-likeness (QED) is 0.505. The van der Waals surface area contributed by atoms with Crippen LogP contribution >= 0.6 is 0 Å². The van der Waals surface area contributed by atoms with Gasteiger partial charge in [-0.05, 0) is 0 Å². The molecule has 0 bridgehead atoms. The summed E-state index contributed by atoms with van der Waals surface area (Å²) in [6.45, 7) is 1.00. The summed E-state index contributed by atoms with van der Waals surface area (Å²) in [4.78, 5) is 18.9. The number of hydrogen-bond donors (Lipinski definition) is 1. The Labute approximate surface area is 52.6 Å². The Balaban J connectivity index is 0. The molecular formula is C3H4O3V. The number of aliphatic carboxylic acids is 1. The Hall–Kier alpha value is -0.276. The van der Waals surface area contributed by atoms with Crippen molar-refractivity contribution in [3.05, 3.63) is 0 Å². The molecule has 0 aromatic rings. The first kappa shape index (κ1) is 9.87. The number of carbonyl (C=O) groups is 2. The molecule has 0 aromatic carbocycles. The molecule has 0 heterocycles. The number of carboxylic acid groups (broad SMARTS) is 1. The molecule has 0 amide bonds. The van der Waals surface area contributed by atoms with Crippen molar-refractivity contribution < 1.29 is 33.3 Å². The Bertz CT molecular complexity index is 76.2. The predicted molar refractivity (Wildman–Crippen MR) is 18.3 cm³/mol. The van der Waals surface area contributed by atoms with E-state index in [0.29, 0.717) is 0 Å². The van der Waals surface area contributed by atoms with Crippen LogP contribution in [0.2, 0.25) is 0 Å². The van der Waals surface area contributed by atoms with Crippen molar-refractivity contribution in [2.75, 3.05) is 0 Å². The van der Waals surface area contributed by atoms with Gasteiger partial charge in [0.15, 0.2) is 0 Å². The van der Waals surface area contributed by atoms with Crippen LogP contribution in [0.3, 0.4) is 0 Å². The first-order chi connectivity index (χ1) is 2.64. The molecule has 0 fully saturated rings. The molecule has 39 valence electrons. The van der Waals surface area contributed by atoms with Gasteiger partial charge in [0.25, 0.3) is 0 Å². The van der Waals surface area contributed by atoms with E-state index in [2.05, 4.69) is 0 Å². The predicted octanol–water partition coefficient (Wildman–Crippen LogP) is -0.343. The third-order valence-corrected chi connectivity index (χ3v) is 0.301. The first-order valence-corrected chi connectivity index (χ1v) is 1.38. The SMILES string of the molecule is CC(=O)C(=O)O.[V]. The minimum Gasteiger partial charge on any atom is -0.476 e. The van der Waals surface area contributed by atoms with Crippen LogP contribution in [-0.2, 0) is 28.1 Å².